The van der Waals surface area contributed by atoms with Gasteiger partial charge in [0.1, 0.15) is 0 Å². The van der Waals surface area contributed by atoms with Crippen LogP contribution in [0.4, 0.5) is 0 Å². The van der Waals surface area contributed by atoms with Gasteiger partial charge in [-0.05, 0) is 32.4 Å². The summed E-state index contributed by atoms with van der Waals surface area (Å²) in [5.74, 6) is 0. The third-order valence-electron chi connectivity index (χ3n) is 2.90. The van der Waals surface area contributed by atoms with E-state index in [1.165, 1.54) is 6.42 Å². The number of hydrogen-bond acceptors (Lipinski definition) is 2. The standard InChI is InChI=1S/C14H24ClN3/c1-4-10-16-11-8-6-7-9-13-14(15)12(5-2)17-18(13)3/h6-7,16H,4-5,8-11H2,1-3H3. The van der Waals surface area contributed by atoms with Crippen molar-refractivity contribution in [1.82, 2.24) is 15.1 Å². The second kappa shape index (κ2) is 8.33. The lowest BCUT2D eigenvalue weighted by Gasteiger charge is -1.99. The predicted molar refractivity (Wildman–Crippen MR) is 78.2 cm³/mol. The van der Waals surface area contributed by atoms with Crippen LogP contribution in [0.1, 0.15) is 38.1 Å². The summed E-state index contributed by atoms with van der Waals surface area (Å²) in [6.45, 7) is 6.40. The molecule has 0 fully saturated rings. The van der Waals surface area contributed by atoms with Crippen molar-refractivity contribution in [3.05, 3.63) is 28.6 Å². The molecule has 0 amide bonds. The zero-order chi connectivity index (χ0) is 13.4. The number of aryl methyl sites for hydroxylation is 2. The lowest BCUT2D eigenvalue weighted by molar-refractivity contribution is 0.677. The maximum atomic E-state index is 6.28. The minimum atomic E-state index is 0.828. The summed E-state index contributed by atoms with van der Waals surface area (Å²) in [4.78, 5) is 0. The first kappa shape index (κ1) is 15.3. The fraction of sp³-hybridized carbons (Fsp3) is 0.643. The third-order valence-corrected chi connectivity index (χ3v) is 3.33. The van der Waals surface area contributed by atoms with Gasteiger partial charge in [0.15, 0.2) is 0 Å². The van der Waals surface area contributed by atoms with Gasteiger partial charge < -0.3 is 5.32 Å². The quantitative estimate of drug-likeness (QED) is 0.580. The molecule has 1 heterocycles. The molecule has 0 radical (unpaired) electrons. The number of halogens is 1. The molecule has 1 N–H and O–H groups in total. The molecule has 0 aliphatic heterocycles. The Morgan fingerprint density at radius 1 is 1.28 bits per heavy atom. The van der Waals surface area contributed by atoms with E-state index in [4.69, 9.17) is 11.6 Å². The molecule has 0 spiro atoms. The summed E-state index contributed by atoms with van der Waals surface area (Å²) in [7, 11) is 1.96. The number of aromatic nitrogens is 2. The topological polar surface area (TPSA) is 29.9 Å². The molecule has 0 aromatic carbocycles. The molecule has 0 aliphatic rings. The molecular weight excluding hydrogens is 246 g/mol. The second-order valence-corrected chi connectivity index (χ2v) is 4.78. The maximum absolute atomic E-state index is 6.28. The van der Waals surface area contributed by atoms with E-state index < -0.39 is 0 Å². The zero-order valence-electron chi connectivity index (χ0n) is 11.7. The van der Waals surface area contributed by atoms with E-state index in [1.807, 2.05) is 11.7 Å². The highest BCUT2D eigenvalue weighted by molar-refractivity contribution is 6.31. The normalized spacial score (nSPS) is 11.6. The van der Waals surface area contributed by atoms with Crippen molar-refractivity contribution in [1.29, 1.82) is 0 Å². The Bertz CT molecular complexity index is 383. The molecule has 1 rings (SSSR count). The Balaban J connectivity index is 2.39. The minimum Gasteiger partial charge on any atom is -0.316 e. The summed E-state index contributed by atoms with van der Waals surface area (Å²) in [5.41, 5.74) is 2.10. The van der Waals surface area contributed by atoms with Crippen LogP contribution in [0.15, 0.2) is 12.2 Å². The Morgan fingerprint density at radius 2 is 2.06 bits per heavy atom. The van der Waals surface area contributed by atoms with E-state index in [0.29, 0.717) is 0 Å². The molecule has 18 heavy (non-hydrogen) atoms. The summed E-state index contributed by atoms with van der Waals surface area (Å²) in [5, 5.41) is 8.61. The highest BCUT2D eigenvalue weighted by atomic mass is 35.5. The third kappa shape index (κ3) is 4.46. The fourth-order valence-corrected chi connectivity index (χ4v) is 2.21. The first-order valence-electron chi connectivity index (χ1n) is 6.76. The molecule has 0 bridgehead atoms. The van der Waals surface area contributed by atoms with Crippen molar-refractivity contribution in [3.8, 4) is 0 Å². The molecule has 0 unspecified atom stereocenters. The van der Waals surface area contributed by atoms with Gasteiger partial charge in [0, 0.05) is 13.5 Å². The van der Waals surface area contributed by atoms with E-state index in [1.54, 1.807) is 0 Å². The van der Waals surface area contributed by atoms with Crippen molar-refractivity contribution in [2.24, 2.45) is 7.05 Å². The summed E-state index contributed by atoms with van der Waals surface area (Å²) in [6, 6.07) is 0. The van der Waals surface area contributed by atoms with Crippen molar-refractivity contribution < 1.29 is 0 Å². The number of nitrogens with one attached hydrogen (secondary N) is 1. The SMILES string of the molecule is CCCNCCC=CCc1c(Cl)c(CC)nn1C. The largest absolute Gasteiger partial charge is 0.316 e. The number of rotatable bonds is 8. The van der Waals surface area contributed by atoms with E-state index in [9.17, 15) is 0 Å². The van der Waals surface area contributed by atoms with Crippen LogP contribution in [0.5, 0.6) is 0 Å². The van der Waals surface area contributed by atoms with Gasteiger partial charge in [0.05, 0.1) is 16.4 Å². The maximum Gasteiger partial charge on any atom is 0.0852 e. The Morgan fingerprint density at radius 3 is 2.67 bits per heavy atom. The first-order valence-corrected chi connectivity index (χ1v) is 7.14. The average molecular weight is 270 g/mol. The molecular formula is C14H24ClN3. The first-order chi connectivity index (χ1) is 8.70. The lowest BCUT2D eigenvalue weighted by Crippen LogP contribution is -2.15. The van der Waals surface area contributed by atoms with Crippen molar-refractivity contribution in [3.63, 3.8) is 0 Å². The van der Waals surface area contributed by atoms with Gasteiger partial charge in [-0.25, -0.2) is 0 Å². The van der Waals surface area contributed by atoms with Gasteiger partial charge in [-0.3, -0.25) is 4.68 Å². The summed E-state index contributed by atoms with van der Waals surface area (Å²) < 4.78 is 1.89. The minimum absolute atomic E-state index is 0.828. The summed E-state index contributed by atoms with van der Waals surface area (Å²) >= 11 is 6.28. The van der Waals surface area contributed by atoms with Gasteiger partial charge in [-0.15, -0.1) is 0 Å². The van der Waals surface area contributed by atoms with Gasteiger partial charge in [-0.2, -0.15) is 5.10 Å². The molecule has 0 atom stereocenters. The van der Waals surface area contributed by atoms with Gasteiger partial charge in [0.2, 0.25) is 0 Å². The van der Waals surface area contributed by atoms with Crippen LogP contribution < -0.4 is 5.32 Å². The number of nitrogens with zero attached hydrogens (tertiary/aromatic N) is 2. The van der Waals surface area contributed by atoms with Crippen LogP contribution in [0.2, 0.25) is 5.02 Å². The predicted octanol–water partition coefficient (Wildman–Crippen LogP) is 3.12. The van der Waals surface area contributed by atoms with Gasteiger partial charge in [0.25, 0.3) is 0 Å². The van der Waals surface area contributed by atoms with Gasteiger partial charge >= 0.3 is 0 Å². The van der Waals surface area contributed by atoms with E-state index in [0.717, 1.165) is 48.8 Å². The molecule has 4 heteroatoms. The highest BCUT2D eigenvalue weighted by Gasteiger charge is 2.10. The van der Waals surface area contributed by atoms with Crippen LogP contribution in [0, 0.1) is 0 Å². The highest BCUT2D eigenvalue weighted by Crippen LogP contribution is 2.21. The fourth-order valence-electron chi connectivity index (χ4n) is 1.84. The van der Waals surface area contributed by atoms with Crippen LogP contribution in [-0.2, 0) is 19.9 Å². The van der Waals surface area contributed by atoms with E-state index in [2.05, 4.69) is 36.4 Å². The zero-order valence-corrected chi connectivity index (χ0v) is 12.4. The molecule has 0 aliphatic carbocycles. The van der Waals surface area contributed by atoms with Crippen molar-refractivity contribution in [2.45, 2.75) is 39.5 Å². The Labute approximate surface area is 115 Å². The van der Waals surface area contributed by atoms with Crippen LogP contribution >= 0.6 is 11.6 Å². The van der Waals surface area contributed by atoms with E-state index >= 15 is 0 Å². The number of allylic oxidation sites excluding steroid dienone is 1. The van der Waals surface area contributed by atoms with Crippen LogP contribution in [0.3, 0.4) is 0 Å². The lowest BCUT2D eigenvalue weighted by atomic mass is 10.2. The van der Waals surface area contributed by atoms with E-state index in [-0.39, 0.29) is 0 Å². The van der Waals surface area contributed by atoms with Crippen LogP contribution in [-0.4, -0.2) is 22.9 Å². The van der Waals surface area contributed by atoms with Crippen molar-refractivity contribution in [2.75, 3.05) is 13.1 Å². The smallest absolute Gasteiger partial charge is 0.0852 e. The molecule has 1 aromatic heterocycles. The monoisotopic (exact) mass is 269 g/mol. The van der Waals surface area contributed by atoms with Gasteiger partial charge in [-0.1, -0.05) is 37.6 Å². The Hall–Kier alpha value is -0.800. The molecule has 0 saturated carbocycles. The molecule has 3 nitrogen and oxygen atoms in total. The molecule has 1 aromatic rings. The Kier molecular flexibility index (Phi) is 7.06. The summed E-state index contributed by atoms with van der Waals surface area (Å²) in [6.07, 6.45) is 8.38. The molecule has 0 saturated heterocycles. The van der Waals surface area contributed by atoms with Crippen molar-refractivity contribution >= 4 is 11.6 Å². The number of hydrogen-bond donors (Lipinski definition) is 1. The van der Waals surface area contributed by atoms with Crippen LogP contribution in [0.25, 0.3) is 0 Å². The average Bonchev–Trinajstić information content (AvgIpc) is 2.64. The molecule has 102 valence electrons. The second-order valence-electron chi connectivity index (χ2n) is 4.40.